The lowest BCUT2D eigenvalue weighted by Crippen LogP contribution is -2.38. The van der Waals surface area contributed by atoms with Crippen molar-refractivity contribution in [1.29, 1.82) is 0 Å². The third-order valence-electron chi connectivity index (χ3n) is 6.46. The first kappa shape index (κ1) is 25.0. The molecular formula is C27H28N8O3. The molecular weight excluding hydrogens is 484 g/mol. The van der Waals surface area contributed by atoms with E-state index in [0.717, 1.165) is 30.7 Å². The largest absolute Gasteiger partial charge is 0.382 e. The summed E-state index contributed by atoms with van der Waals surface area (Å²) in [4.78, 5) is 44.7. The van der Waals surface area contributed by atoms with E-state index in [2.05, 4.69) is 20.3 Å². The number of methoxy groups -OCH3 is 1. The van der Waals surface area contributed by atoms with Crippen molar-refractivity contribution in [3.63, 3.8) is 0 Å². The van der Waals surface area contributed by atoms with E-state index in [0.29, 0.717) is 41.6 Å². The monoisotopic (exact) mass is 512 g/mol. The third-order valence-corrected chi connectivity index (χ3v) is 6.46. The SMILES string of the molecule is COCC=CC(=O)N1CCCC[C@H]1c1nc(-c2ccc(C(=O)Nc3ccncn3)cc2)c2c(N)nccn12. The fourth-order valence-electron chi connectivity index (χ4n) is 4.66. The normalized spacial score (nSPS) is 15.7. The number of nitrogen functional groups attached to an aromatic ring is 1. The minimum atomic E-state index is -0.287. The van der Waals surface area contributed by atoms with Gasteiger partial charge >= 0.3 is 0 Å². The quantitative estimate of drug-likeness (QED) is 0.360. The van der Waals surface area contributed by atoms with Crippen LogP contribution in [0.5, 0.6) is 0 Å². The Bertz CT molecular complexity index is 1470. The maximum absolute atomic E-state index is 13.0. The molecule has 0 radical (unpaired) electrons. The standard InChI is InChI=1S/C27H28N8O3/c1-38-16-4-6-22(36)34-14-3-2-5-20(34)26-33-23(24-25(28)30-13-15-35(24)26)18-7-9-19(10-8-18)27(37)32-21-11-12-29-17-31-21/h4,6-13,15,17,20H,2-3,5,14,16H2,1H3,(H2,28,30)(H,29,31,32,37)/t20-/m0/s1. The molecule has 1 aliphatic heterocycles. The van der Waals surface area contributed by atoms with E-state index < -0.39 is 0 Å². The Labute approximate surface area is 219 Å². The molecule has 0 spiro atoms. The lowest BCUT2D eigenvalue weighted by Gasteiger charge is -2.34. The minimum absolute atomic E-state index is 0.0777. The van der Waals surface area contributed by atoms with Gasteiger partial charge in [0.2, 0.25) is 5.91 Å². The molecule has 2 amide bonds. The summed E-state index contributed by atoms with van der Waals surface area (Å²) < 4.78 is 6.96. The predicted molar refractivity (Wildman–Crippen MR) is 142 cm³/mol. The molecule has 194 valence electrons. The number of nitrogens with one attached hydrogen (secondary N) is 1. The maximum Gasteiger partial charge on any atom is 0.256 e. The number of imidazole rings is 1. The zero-order valence-corrected chi connectivity index (χ0v) is 20.9. The smallest absolute Gasteiger partial charge is 0.256 e. The lowest BCUT2D eigenvalue weighted by atomic mass is 10.0. The number of hydrogen-bond acceptors (Lipinski definition) is 8. The van der Waals surface area contributed by atoms with E-state index >= 15 is 0 Å². The van der Waals surface area contributed by atoms with E-state index in [1.165, 1.54) is 6.33 Å². The Hall–Kier alpha value is -4.64. The highest BCUT2D eigenvalue weighted by molar-refractivity contribution is 6.04. The Balaban J connectivity index is 1.48. The van der Waals surface area contributed by atoms with Gasteiger partial charge in [-0.05, 0) is 37.5 Å². The number of ether oxygens (including phenoxy) is 1. The van der Waals surface area contributed by atoms with Crippen LogP contribution >= 0.6 is 0 Å². The molecule has 3 aromatic heterocycles. The number of carbonyl (C=O) groups is 2. The molecule has 1 saturated heterocycles. The second kappa shape index (κ2) is 11.2. The van der Waals surface area contributed by atoms with Crippen molar-refractivity contribution >= 4 is 29.0 Å². The van der Waals surface area contributed by atoms with Crippen LogP contribution in [-0.2, 0) is 9.53 Å². The number of hydrogen-bond donors (Lipinski definition) is 2. The van der Waals surface area contributed by atoms with Crippen molar-refractivity contribution in [3.05, 3.63) is 78.8 Å². The predicted octanol–water partition coefficient (Wildman–Crippen LogP) is 3.28. The second-order valence-electron chi connectivity index (χ2n) is 8.88. The molecule has 1 aromatic carbocycles. The number of nitrogens with two attached hydrogens (primary N) is 1. The Kier molecular flexibility index (Phi) is 7.36. The molecule has 0 unspecified atom stereocenters. The number of benzene rings is 1. The Morgan fingerprint density at radius 3 is 2.76 bits per heavy atom. The zero-order chi connectivity index (χ0) is 26.5. The van der Waals surface area contributed by atoms with Gasteiger partial charge in [0.15, 0.2) is 0 Å². The average Bonchev–Trinajstić information content (AvgIpc) is 3.34. The van der Waals surface area contributed by atoms with E-state index in [-0.39, 0.29) is 17.9 Å². The van der Waals surface area contributed by atoms with Gasteiger partial charge in [-0.15, -0.1) is 0 Å². The van der Waals surface area contributed by atoms with E-state index in [9.17, 15) is 9.59 Å². The fourth-order valence-corrected chi connectivity index (χ4v) is 4.66. The molecule has 11 heteroatoms. The number of fused-ring (bicyclic) bond motifs is 1. The second-order valence-corrected chi connectivity index (χ2v) is 8.88. The summed E-state index contributed by atoms with van der Waals surface area (Å²) in [5, 5.41) is 2.75. The molecule has 1 fully saturated rings. The van der Waals surface area contributed by atoms with E-state index in [4.69, 9.17) is 15.5 Å². The van der Waals surface area contributed by atoms with Crippen LogP contribution in [0.4, 0.5) is 11.6 Å². The molecule has 38 heavy (non-hydrogen) atoms. The van der Waals surface area contributed by atoms with Crippen LogP contribution in [0.15, 0.2) is 67.4 Å². The van der Waals surface area contributed by atoms with Crippen LogP contribution < -0.4 is 11.1 Å². The maximum atomic E-state index is 13.0. The van der Waals surface area contributed by atoms with Crippen LogP contribution in [-0.4, -0.2) is 61.3 Å². The van der Waals surface area contributed by atoms with Gasteiger partial charge in [-0.3, -0.25) is 14.0 Å². The summed E-state index contributed by atoms with van der Waals surface area (Å²) in [7, 11) is 1.59. The number of rotatable bonds is 7. The summed E-state index contributed by atoms with van der Waals surface area (Å²) in [5.74, 6) is 1.11. The fraction of sp³-hybridized carbons (Fsp3) is 0.259. The Morgan fingerprint density at radius 2 is 2.00 bits per heavy atom. The molecule has 0 saturated carbocycles. The molecule has 11 nitrogen and oxygen atoms in total. The van der Waals surface area contributed by atoms with Gasteiger partial charge in [0.1, 0.15) is 35.0 Å². The zero-order valence-electron chi connectivity index (χ0n) is 20.9. The van der Waals surface area contributed by atoms with Crippen molar-refractivity contribution in [2.45, 2.75) is 25.3 Å². The van der Waals surface area contributed by atoms with Gasteiger partial charge < -0.3 is 20.7 Å². The highest BCUT2D eigenvalue weighted by atomic mass is 16.5. The van der Waals surface area contributed by atoms with E-state index in [1.54, 1.807) is 49.9 Å². The highest BCUT2D eigenvalue weighted by Gasteiger charge is 2.31. The van der Waals surface area contributed by atoms with E-state index in [1.807, 2.05) is 27.6 Å². The third kappa shape index (κ3) is 5.09. The first-order chi connectivity index (χ1) is 18.6. The van der Waals surface area contributed by atoms with Gasteiger partial charge in [-0.2, -0.15) is 0 Å². The van der Waals surface area contributed by atoms with Crippen molar-refractivity contribution in [2.24, 2.45) is 0 Å². The van der Waals surface area contributed by atoms with Crippen molar-refractivity contribution in [2.75, 3.05) is 31.3 Å². The summed E-state index contributed by atoms with van der Waals surface area (Å²) >= 11 is 0. The molecule has 1 atom stereocenters. The van der Waals surface area contributed by atoms with Crippen LogP contribution in [0.25, 0.3) is 16.8 Å². The highest BCUT2D eigenvalue weighted by Crippen LogP contribution is 2.36. The molecule has 5 rings (SSSR count). The topological polar surface area (TPSA) is 141 Å². The van der Waals surface area contributed by atoms with Crippen molar-refractivity contribution in [3.8, 4) is 11.3 Å². The molecule has 1 aliphatic rings. The van der Waals surface area contributed by atoms with Crippen LogP contribution in [0, 0.1) is 0 Å². The van der Waals surface area contributed by atoms with Crippen LogP contribution in [0.2, 0.25) is 0 Å². The summed E-state index contributed by atoms with van der Waals surface area (Å²) in [6, 6.07) is 8.49. The molecule has 4 aromatic rings. The van der Waals surface area contributed by atoms with Gasteiger partial charge in [-0.25, -0.2) is 19.9 Å². The van der Waals surface area contributed by atoms with Gasteiger partial charge in [0, 0.05) is 49.4 Å². The van der Waals surface area contributed by atoms with Gasteiger partial charge in [0.25, 0.3) is 5.91 Å². The lowest BCUT2D eigenvalue weighted by molar-refractivity contribution is -0.130. The minimum Gasteiger partial charge on any atom is -0.382 e. The molecule has 0 aliphatic carbocycles. The van der Waals surface area contributed by atoms with Gasteiger partial charge in [0.05, 0.1) is 12.6 Å². The summed E-state index contributed by atoms with van der Waals surface area (Å²) in [6.45, 7) is 1.01. The number of anilines is 2. The van der Waals surface area contributed by atoms with Crippen molar-refractivity contribution in [1.82, 2.24) is 29.2 Å². The first-order valence-corrected chi connectivity index (χ1v) is 12.3. The molecule has 0 bridgehead atoms. The van der Waals surface area contributed by atoms with Gasteiger partial charge in [-0.1, -0.05) is 18.2 Å². The average molecular weight is 513 g/mol. The molecule has 4 heterocycles. The first-order valence-electron chi connectivity index (χ1n) is 12.3. The summed E-state index contributed by atoms with van der Waals surface area (Å²) in [5.41, 5.74) is 8.87. The number of piperidine rings is 1. The number of amides is 2. The summed E-state index contributed by atoms with van der Waals surface area (Å²) in [6.07, 6.45) is 12.3. The molecule has 3 N–H and O–H groups in total. The van der Waals surface area contributed by atoms with Crippen molar-refractivity contribution < 1.29 is 14.3 Å². The van der Waals surface area contributed by atoms with Crippen LogP contribution in [0.3, 0.4) is 0 Å². The Morgan fingerprint density at radius 1 is 1.16 bits per heavy atom. The number of nitrogens with zero attached hydrogens (tertiary/aromatic N) is 6. The number of carbonyl (C=O) groups excluding carboxylic acids is 2. The van der Waals surface area contributed by atoms with Crippen LogP contribution in [0.1, 0.15) is 41.5 Å². The number of likely N-dealkylation sites (tertiary alicyclic amines) is 1. The number of aromatic nitrogens is 5.